The van der Waals surface area contributed by atoms with Gasteiger partial charge in [-0.05, 0) is 4.98 Å². The predicted molar refractivity (Wildman–Crippen MR) is 30.4 cm³/mol. The average Bonchev–Trinajstić information content (AvgIpc) is 2.33. The lowest BCUT2D eigenvalue weighted by Gasteiger charge is -1.72. The van der Waals surface area contributed by atoms with Crippen molar-refractivity contribution in [2.75, 3.05) is 0 Å². The smallest absolute Gasteiger partial charge is 0.294 e. The van der Waals surface area contributed by atoms with Crippen molar-refractivity contribution < 1.29 is 29.0 Å². The van der Waals surface area contributed by atoms with E-state index in [4.69, 9.17) is 0 Å². The van der Waals surface area contributed by atoms with Gasteiger partial charge in [0.2, 0.25) is 0 Å². The van der Waals surface area contributed by atoms with Gasteiger partial charge in [-0.3, -0.25) is 0 Å². The Morgan fingerprint density at radius 3 is 3.10 bits per heavy atom. The molecule has 0 amide bonds. The van der Waals surface area contributed by atoms with E-state index in [9.17, 15) is 0 Å². The molecular formula is C5H5IN4. The maximum atomic E-state index is 3.94. The van der Waals surface area contributed by atoms with Crippen LogP contribution < -0.4 is 29.0 Å². The molecule has 2 rings (SSSR count). The number of nitrogens with one attached hydrogen (secondary N) is 2. The molecule has 0 aliphatic rings. The van der Waals surface area contributed by atoms with Gasteiger partial charge in [0.05, 0.1) is 6.33 Å². The molecule has 0 atom stereocenters. The van der Waals surface area contributed by atoms with Crippen LogP contribution in [0.2, 0.25) is 0 Å². The summed E-state index contributed by atoms with van der Waals surface area (Å²) < 4.78 is 0. The van der Waals surface area contributed by atoms with E-state index in [0.29, 0.717) is 0 Å². The maximum Gasteiger partial charge on any atom is 0.294 e. The van der Waals surface area contributed by atoms with Crippen molar-refractivity contribution in [3.8, 4) is 0 Å². The Morgan fingerprint density at radius 1 is 1.40 bits per heavy atom. The lowest BCUT2D eigenvalue weighted by atomic mass is 10.6. The fourth-order valence-corrected chi connectivity index (χ4v) is 0.725. The molecule has 0 radical (unpaired) electrons. The van der Waals surface area contributed by atoms with Gasteiger partial charge in [-0.15, -0.1) is 0 Å². The minimum atomic E-state index is 0. The summed E-state index contributed by atoms with van der Waals surface area (Å²) in [5.74, 6) is 0. The molecule has 2 aromatic rings. The Hall–Kier alpha value is -0.720. The predicted octanol–water partition coefficient (Wildman–Crippen LogP) is -3.22. The highest BCUT2D eigenvalue weighted by atomic mass is 127. The Labute approximate surface area is 74.1 Å². The van der Waals surface area contributed by atoms with Crippen LogP contribution in [0, 0.1) is 0 Å². The molecule has 2 N–H and O–H groups in total. The van der Waals surface area contributed by atoms with Crippen LogP contribution in [0.4, 0.5) is 0 Å². The molecule has 0 spiro atoms. The van der Waals surface area contributed by atoms with Gasteiger partial charge in [0.1, 0.15) is 6.20 Å². The first-order valence-corrected chi connectivity index (χ1v) is 2.62. The first kappa shape index (κ1) is 7.39. The quantitative estimate of drug-likeness (QED) is 0.498. The van der Waals surface area contributed by atoms with E-state index in [1.807, 2.05) is 6.20 Å². The summed E-state index contributed by atoms with van der Waals surface area (Å²) in [6.07, 6.45) is 5.03. The summed E-state index contributed by atoms with van der Waals surface area (Å²) in [5.41, 5.74) is 1.67. The number of aromatic amines is 2. The zero-order chi connectivity index (χ0) is 6.10. The first-order chi connectivity index (χ1) is 4.47. The number of hydrogen-bond acceptors (Lipinski definition) is 2. The molecule has 0 saturated heterocycles. The molecule has 4 nitrogen and oxygen atoms in total. The lowest BCUT2D eigenvalue weighted by Crippen LogP contribution is -3.00. The van der Waals surface area contributed by atoms with Gasteiger partial charge in [0.15, 0.2) is 5.52 Å². The highest BCUT2D eigenvalue weighted by molar-refractivity contribution is 5.66. The molecule has 0 unspecified atom stereocenters. The number of H-pyrrole nitrogens is 2. The molecule has 0 aliphatic heterocycles. The summed E-state index contributed by atoms with van der Waals surface area (Å²) in [5, 5.41) is 0. The molecule has 2 heterocycles. The Bertz CT molecular complexity index is 288. The molecule has 0 aliphatic carbocycles. The second-order valence-corrected chi connectivity index (χ2v) is 1.71. The zero-order valence-electron chi connectivity index (χ0n) is 5.00. The van der Waals surface area contributed by atoms with Crippen molar-refractivity contribution in [1.82, 2.24) is 15.0 Å². The van der Waals surface area contributed by atoms with Crippen LogP contribution in [0.25, 0.3) is 11.2 Å². The van der Waals surface area contributed by atoms with E-state index in [1.165, 1.54) is 0 Å². The molecule has 10 heavy (non-hydrogen) atoms. The monoisotopic (exact) mass is 248 g/mol. The van der Waals surface area contributed by atoms with Crippen LogP contribution >= 0.6 is 0 Å². The average molecular weight is 248 g/mol. The van der Waals surface area contributed by atoms with Crippen LogP contribution in [0.5, 0.6) is 0 Å². The molecule has 52 valence electrons. The van der Waals surface area contributed by atoms with E-state index < -0.39 is 0 Å². The Kier molecular flexibility index (Phi) is 2.15. The van der Waals surface area contributed by atoms with Crippen LogP contribution in [0.1, 0.15) is 0 Å². The van der Waals surface area contributed by atoms with E-state index >= 15 is 0 Å². The summed E-state index contributed by atoms with van der Waals surface area (Å²) >= 11 is 0. The van der Waals surface area contributed by atoms with E-state index in [2.05, 4.69) is 19.9 Å². The van der Waals surface area contributed by atoms with Gasteiger partial charge in [-0.25, -0.2) is 4.98 Å². The normalized spacial score (nSPS) is 9.20. The van der Waals surface area contributed by atoms with Gasteiger partial charge in [-0.2, -0.15) is 4.98 Å². The highest BCUT2D eigenvalue weighted by Gasteiger charge is 1.98. The number of hydrogen-bond donors (Lipinski definition) is 1. The summed E-state index contributed by atoms with van der Waals surface area (Å²) in [7, 11) is 0. The second kappa shape index (κ2) is 2.91. The number of nitrogens with zero attached hydrogens (tertiary/aromatic N) is 2. The fourth-order valence-electron chi connectivity index (χ4n) is 0.725. The first-order valence-electron chi connectivity index (χ1n) is 2.62. The van der Waals surface area contributed by atoms with E-state index in [0.717, 1.165) is 11.2 Å². The van der Waals surface area contributed by atoms with E-state index in [-0.39, 0.29) is 24.0 Å². The van der Waals surface area contributed by atoms with Crippen LogP contribution in [0.15, 0.2) is 18.9 Å². The molecule has 0 bridgehead atoms. The zero-order valence-corrected chi connectivity index (χ0v) is 7.16. The lowest BCUT2D eigenvalue weighted by molar-refractivity contribution is -0.380. The number of imidazole rings is 1. The number of halogens is 1. The molecule has 0 saturated carbocycles. The van der Waals surface area contributed by atoms with E-state index in [1.54, 1.807) is 12.7 Å². The molecule has 0 aromatic carbocycles. The summed E-state index contributed by atoms with van der Waals surface area (Å²) in [6, 6.07) is 0. The number of aromatic nitrogens is 4. The van der Waals surface area contributed by atoms with Gasteiger partial charge in [0.25, 0.3) is 12.0 Å². The topological polar surface area (TPSA) is 55.7 Å². The molecule has 2 aromatic heterocycles. The van der Waals surface area contributed by atoms with Gasteiger partial charge >= 0.3 is 0 Å². The van der Waals surface area contributed by atoms with Gasteiger partial charge < -0.3 is 29.0 Å². The van der Waals surface area contributed by atoms with Crippen LogP contribution in [0.3, 0.4) is 0 Å². The third-order valence-electron chi connectivity index (χ3n) is 1.14. The standard InChI is InChI=1S/C5H4N4.HI/c1-4-5(8-2-6-1)9-3-7-4;/h1-3H,(H,6,7,8,9);1H. The number of fused-ring (bicyclic) bond motifs is 1. The minimum Gasteiger partial charge on any atom is -1.00 e. The van der Waals surface area contributed by atoms with Gasteiger partial charge in [-0.1, -0.05) is 0 Å². The van der Waals surface area contributed by atoms with Crippen molar-refractivity contribution in [3.63, 3.8) is 0 Å². The van der Waals surface area contributed by atoms with Crippen molar-refractivity contribution in [2.24, 2.45) is 0 Å². The van der Waals surface area contributed by atoms with Crippen LogP contribution in [-0.4, -0.2) is 15.0 Å². The van der Waals surface area contributed by atoms with Crippen LogP contribution in [-0.2, 0) is 0 Å². The van der Waals surface area contributed by atoms with Crippen molar-refractivity contribution in [1.29, 1.82) is 0 Å². The molecule has 5 heteroatoms. The molecule has 0 fully saturated rings. The third kappa shape index (κ3) is 1.08. The van der Waals surface area contributed by atoms with Crippen molar-refractivity contribution >= 4 is 11.2 Å². The summed E-state index contributed by atoms with van der Waals surface area (Å²) in [4.78, 5) is 13.6. The summed E-state index contributed by atoms with van der Waals surface area (Å²) in [6.45, 7) is 0. The van der Waals surface area contributed by atoms with Crippen molar-refractivity contribution in [3.05, 3.63) is 18.9 Å². The third-order valence-corrected chi connectivity index (χ3v) is 1.14. The number of rotatable bonds is 0. The van der Waals surface area contributed by atoms with Gasteiger partial charge in [0, 0.05) is 0 Å². The maximum absolute atomic E-state index is 3.94. The Balaban J connectivity index is 0.000000500. The largest absolute Gasteiger partial charge is 1.00 e. The second-order valence-electron chi connectivity index (χ2n) is 1.71. The Morgan fingerprint density at radius 2 is 2.30 bits per heavy atom. The minimum absolute atomic E-state index is 0. The molecular weight excluding hydrogens is 243 g/mol. The fraction of sp³-hybridized carbons (Fsp3) is 0. The highest BCUT2D eigenvalue weighted by Crippen LogP contribution is 1.97. The SMILES string of the molecule is [I-].c1nc2nc[nH+]cc2[nH]1. The van der Waals surface area contributed by atoms with Crippen molar-refractivity contribution in [2.45, 2.75) is 0 Å².